The smallest absolute Gasteiger partial charge is 0.416 e. The lowest BCUT2D eigenvalue weighted by molar-refractivity contribution is -0.137. The number of rotatable bonds is 5. The van der Waals surface area contributed by atoms with Crippen molar-refractivity contribution in [1.82, 2.24) is 4.98 Å². The molecule has 0 aliphatic heterocycles. The van der Waals surface area contributed by atoms with Gasteiger partial charge in [-0.3, -0.25) is 4.79 Å². The molecule has 5 nitrogen and oxygen atoms in total. The number of hydrogen-bond acceptors (Lipinski definition) is 5. The van der Waals surface area contributed by atoms with Crippen molar-refractivity contribution in [3.63, 3.8) is 0 Å². The third-order valence-electron chi connectivity index (χ3n) is 3.29. The summed E-state index contributed by atoms with van der Waals surface area (Å²) in [5.41, 5.74) is -0.724. The van der Waals surface area contributed by atoms with Crippen LogP contribution in [0.1, 0.15) is 22.8 Å². The number of anilines is 1. The number of nitrogens with one attached hydrogen (secondary N) is 1. The van der Waals surface area contributed by atoms with Gasteiger partial charge >= 0.3 is 12.1 Å². The van der Waals surface area contributed by atoms with E-state index in [1.807, 2.05) is 0 Å². The van der Waals surface area contributed by atoms with Gasteiger partial charge in [0, 0.05) is 11.9 Å². The molecule has 1 aromatic carbocycles. The fraction of sp³-hybridized carbons (Fsp3) is 0.235. The number of benzene rings is 1. The van der Waals surface area contributed by atoms with Crippen LogP contribution in [0.15, 0.2) is 47.6 Å². The highest BCUT2D eigenvalue weighted by atomic mass is 32.2. The topological polar surface area (TPSA) is 68.3 Å². The monoisotopic (exact) mass is 384 g/mol. The Morgan fingerprint density at radius 2 is 1.96 bits per heavy atom. The highest BCUT2D eigenvalue weighted by Crippen LogP contribution is 2.30. The van der Waals surface area contributed by atoms with Crippen molar-refractivity contribution < 1.29 is 27.5 Å². The van der Waals surface area contributed by atoms with Crippen LogP contribution in [0.2, 0.25) is 0 Å². The lowest BCUT2D eigenvalue weighted by Crippen LogP contribution is -2.30. The van der Waals surface area contributed by atoms with Crippen LogP contribution in [0.5, 0.6) is 0 Å². The zero-order valence-electron chi connectivity index (χ0n) is 13.8. The van der Waals surface area contributed by atoms with Crippen LogP contribution in [-0.2, 0) is 15.7 Å². The summed E-state index contributed by atoms with van der Waals surface area (Å²) in [5.74, 6) is -1.48. The van der Waals surface area contributed by atoms with Crippen LogP contribution in [0.4, 0.5) is 18.9 Å². The molecule has 0 saturated carbocycles. The number of amides is 1. The van der Waals surface area contributed by atoms with Crippen molar-refractivity contribution in [3.8, 4) is 0 Å². The van der Waals surface area contributed by atoms with Gasteiger partial charge in [0.2, 0.25) is 0 Å². The molecule has 2 aromatic rings. The van der Waals surface area contributed by atoms with E-state index in [-0.39, 0.29) is 11.3 Å². The molecule has 1 heterocycles. The number of carbonyl (C=O) groups excluding carboxylic acids is 2. The average Bonchev–Trinajstić information content (AvgIpc) is 2.61. The molecule has 1 N–H and O–H groups in total. The molecule has 1 unspecified atom stereocenters. The summed E-state index contributed by atoms with van der Waals surface area (Å²) in [4.78, 5) is 28.3. The summed E-state index contributed by atoms with van der Waals surface area (Å²) in [7, 11) is 0. The number of aromatic nitrogens is 1. The van der Waals surface area contributed by atoms with Gasteiger partial charge in [-0.1, -0.05) is 6.07 Å². The van der Waals surface area contributed by atoms with Gasteiger partial charge in [0.25, 0.3) is 5.91 Å². The molecule has 0 fully saturated rings. The first-order valence-electron chi connectivity index (χ1n) is 7.40. The summed E-state index contributed by atoms with van der Waals surface area (Å²) in [5, 5.41) is 2.75. The van der Waals surface area contributed by atoms with Crippen LogP contribution in [0.25, 0.3) is 0 Å². The Morgan fingerprint density at radius 3 is 2.62 bits per heavy atom. The van der Waals surface area contributed by atoms with E-state index in [4.69, 9.17) is 4.74 Å². The van der Waals surface area contributed by atoms with Gasteiger partial charge in [0.1, 0.15) is 5.03 Å². The predicted octanol–water partition coefficient (Wildman–Crippen LogP) is 4.01. The maximum atomic E-state index is 12.7. The number of hydrogen-bond donors (Lipinski definition) is 1. The van der Waals surface area contributed by atoms with E-state index in [9.17, 15) is 22.8 Å². The zero-order valence-corrected chi connectivity index (χ0v) is 14.6. The third-order valence-corrected chi connectivity index (χ3v) is 4.01. The summed E-state index contributed by atoms with van der Waals surface area (Å²) >= 11 is 1.25. The molecule has 26 heavy (non-hydrogen) atoms. The van der Waals surface area contributed by atoms with E-state index in [0.29, 0.717) is 5.03 Å². The lowest BCUT2D eigenvalue weighted by atomic mass is 10.2. The van der Waals surface area contributed by atoms with E-state index in [2.05, 4.69) is 10.3 Å². The Morgan fingerprint density at radius 1 is 1.23 bits per heavy atom. The standard InChI is InChI=1S/C17H15F3N2O3S/c1-10(25-16(24)13-7-4-8-21-15(13)26-2)14(23)22-12-6-3-5-11(9-12)17(18,19)20/h3-10H,1-2H3,(H,22,23). The maximum Gasteiger partial charge on any atom is 0.416 e. The van der Waals surface area contributed by atoms with Crippen molar-refractivity contribution >= 4 is 29.3 Å². The lowest BCUT2D eigenvalue weighted by Gasteiger charge is -2.15. The molecule has 0 saturated heterocycles. The highest BCUT2D eigenvalue weighted by molar-refractivity contribution is 7.98. The summed E-state index contributed by atoms with van der Waals surface area (Å²) < 4.78 is 43.2. The van der Waals surface area contributed by atoms with Gasteiger partial charge in [-0.15, -0.1) is 11.8 Å². The van der Waals surface area contributed by atoms with Crippen molar-refractivity contribution in [2.24, 2.45) is 0 Å². The summed E-state index contributed by atoms with van der Waals surface area (Å²) in [6.07, 6.45) is -2.46. The van der Waals surface area contributed by atoms with Crippen LogP contribution < -0.4 is 5.32 Å². The normalized spacial score (nSPS) is 12.3. The SMILES string of the molecule is CSc1ncccc1C(=O)OC(C)C(=O)Nc1cccc(C(F)(F)F)c1. The van der Waals surface area contributed by atoms with Gasteiger partial charge in [0.05, 0.1) is 11.1 Å². The Balaban J connectivity index is 2.05. The van der Waals surface area contributed by atoms with Crippen molar-refractivity contribution in [2.45, 2.75) is 24.2 Å². The van der Waals surface area contributed by atoms with E-state index >= 15 is 0 Å². The van der Waals surface area contributed by atoms with E-state index in [1.54, 1.807) is 12.3 Å². The molecule has 2 rings (SSSR count). The Labute approximate surface area is 152 Å². The number of ether oxygens (including phenoxy) is 1. The van der Waals surface area contributed by atoms with Gasteiger partial charge in [-0.25, -0.2) is 9.78 Å². The molecule has 1 amide bonds. The Bertz CT molecular complexity index is 812. The molecule has 1 aromatic heterocycles. The maximum absolute atomic E-state index is 12.7. The van der Waals surface area contributed by atoms with Gasteiger partial charge in [0.15, 0.2) is 6.10 Å². The van der Waals surface area contributed by atoms with Crippen LogP contribution in [-0.4, -0.2) is 29.2 Å². The van der Waals surface area contributed by atoms with E-state index < -0.39 is 29.7 Å². The first-order chi connectivity index (χ1) is 12.2. The number of pyridine rings is 1. The molecular formula is C17H15F3N2O3S. The minimum atomic E-state index is -4.52. The minimum absolute atomic E-state index is 0.0427. The fourth-order valence-electron chi connectivity index (χ4n) is 2.00. The van der Waals surface area contributed by atoms with Gasteiger partial charge in [-0.2, -0.15) is 13.2 Å². The summed E-state index contributed by atoms with van der Waals surface area (Å²) in [6, 6.07) is 7.26. The Kier molecular flexibility index (Phi) is 6.25. The average molecular weight is 384 g/mol. The molecule has 0 bridgehead atoms. The molecule has 1 atom stereocenters. The molecule has 0 spiro atoms. The minimum Gasteiger partial charge on any atom is -0.449 e. The quantitative estimate of drug-likeness (QED) is 0.623. The zero-order chi connectivity index (χ0) is 19.3. The first kappa shape index (κ1) is 19.8. The third kappa shape index (κ3) is 4.98. The number of thioether (sulfide) groups is 1. The number of nitrogens with zero attached hydrogens (tertiary/aromatic N) is 1. The number of alkyl halides is 3. The van der Waals surface area contributed by atoms with Gasteiger partial charge in [-0.05, 0) is 43.5 Å². The van der Waals surface area contributed by atoms with Crippen LogP contribution >= 0.6 is 11.8 Å². The van der Waals surface area contributed by atoms with E-state index in [1.165, 1.54) is 43.1 Å². The number of halogens is 3. The van der Waals surface area contributed by atoms with Crippen molar-refractivity contribution in [2.75, 3.05) is 11.6 Å². The molecule has 138 valence electrons. The second-order valence-corrected chi connectivity index (χ2v) is 5.97. The van der Waals surface area contributed by atoms with Gasteiger partial charge < -0.3 is 10.1 Å². The molecule has 0 aliphatic carbocycles. The molecular weight excluding hydrogens is 369 g/mol. The second-order valence-electron chi connectivity index (χ2n) is 5.18. The second kappa shape index (κ2) is 8.22. The van der Waals surface area contributed by atoms with Crippen LogP contribution in [0, 0.1) is 0 Å². The predicted molar refractivity (Wildman–Crippen MR) is 91.0 cm³/mol. The molecule has 0 radical (unpaired) electrons. The van der Waals surface area contributed by atoms with E-state index in [0.717, 1.165) is 12.1 Å². The highest BCUT2D eigenvalue weighted by Gasteiger charge is 2.30. The number of carbonyl (C=O) groups is 2. The first-order valence-corrected chi connectivity index (χ1v) is 8.63. The van der Waals surface area contributed by atoms with Crippen molar-refractivity contribution in [1.29, 1.82) is 0 Å². The van der Waals surface area contributed by atoms with Crippen molar-refractivity contribution in [3.05, 3.63) is 53.7 Å². The largest absolute Gasteiger partial charge is 0.449 e. The van der Waals surface area contributed by atoms with Crippen LogP contribution in [0.3, 0.4) is 0 Å². The molecule has 0 aliphatic rings. The Hall–Kier alpha value is -2.55. The molecule has 9 heteroatoms. The number of esters is 1. The summed E-state index contributed by atoms with van der Waals surface area (Å²) in [6.45, 7) is 1.33. The fourth-order valence-corrected chi connectivity index (χ4v) is 2.54.